The average Bonchev–Trinajstić information content (AvgIpc) is 2.60. The number of primary sulfonamides is 1. The standard InChI is InChI=1S/C8H8N2O4S.C7H8N2O4S.CH4/c11-10(12)8-2-1-6-5-15(13,14)9-4-7(6)3-8;8-14(12,13)5-6-1-3-7(4-2-6)9(10)11;/h1-3,9H,4-5H2;1-4H,5H2,(H2,8,12,13);1H4. The quantitative estimate of drug-likeness (QED) is 0.506. The molecule has 0 radical (unpaired) electrons. The van der Waals surface area contributed by atoms with E-state index < -0.39 is 29.9 Å². The Balaban J connectivity index is 0.000000291. The van der Waals surface area contributed by atoms with Crippen molar-refractivity contribution in [2.75, 3.05) is 0 Å². The maximum atomic E-state index is 11.2. The van der Waals surface area contributed by atoms with E-state index in [-0.39, 0.29) is 36.9 Å². The Hall–Kier alpha value is -2.94. The number of nitro groups is 2. The molecule has 0 saturated carbocycles. The predicted molar refractivity (Wildman–Crippen MR) is 109 cm³/mol. The number of hydrogen-bond donors (Lipinski definition) is 2. The van der Waals surface area contributed by atoms with Crippen LogP contribution >= 0.6 is 0 Å². The molecule has 2 aromatic rings. The van der Waals surface area contributed by atoms with E-state index >= 15 is 0 Å². The van der Waals surface area contributed by atoms with E-state index in [2.05, 4.69) is 4.72 Å². The molecule has 164 valence electrons. The van der Waals surface area contributed by atoms with Crippen LogP contribution in [0.4, 0.5) is 11.4 Å². The van der Waals surface area contributed by atoms with Gasteiger partial charge in [0.15, 0.2) is 0 Å². The molecule has 0 saturated heterocycles. The number of nitrogens with one attached hydrogen (secondary N) is 1. The van der Waals surface area contributed by atoms with Crippen LogP contribution in [0.1, 0.15) is 24.1 Å². The van der Waals surface area contributed by atoms with Crippen LogP contribution in [-0.4, -0.2) is 26.7 Å². The van der Waals surface area contributed by atoms with Crippen molar-refractivity contribution < 1.29 is 26.7 Å². The Morgan fingerprint density at radius 1 is 0.967 bits per heavy atom. The van der Waals surface area contributed by atoms with Crippen molar-refractivity contribution in [1.82, 2.24) is 4.72 Å². The molecule has 1 heterocycles. The summed E-state index contributed by atoms with van der Waals surface area (Å²) in [7, 11) is -6.83. The summed E-state index contributed by atoms with van der Waals surface area (Å²) < 4.78 is 46.0. The van der Waals surface area contributed by atoms with Crippen molar-refractivity contribution in [2.45, 2.75) is 25.5 Å². The molecule has 1 aliphatic rings. The third kappa shape index (κ3) is 7.47. The first-order chi connectivity index (χ1) is 13.4. The first kappa shape index (κ1) is 25.1. The van der Waals surface area contributed by atoms with Gasteiger partial charge in [-0.3, -0.25) is 20.2 Å². The lowest BCUT2D eigenvalue weighted by atomic mass is 10.1. The SMILES string of the molecule is C.NS(=O)(=O)Cc1ccc([N+](=O)[O-])cc1.O=[N+]([O-])c1ccc2c(c1)CNS(=O)(=O)C2. The Labute approximate surface area is 173 Å². The zero-order valence-electron chi connectivity index (χ0n) is 14.7. The fourth-order valence-corrected chi connectivity index (χ4v) is 4.25. The van der Waals surface area contributed by atoms with Crippen molar-refractivity contribution in [1.29, 1.82) is 0 Å². The van der Waals surface area contributed by atoms with Crippen molar-refractivity contribution in [3.05, 3.63) is 79.4 Å². The van der Waals surface area contributed by atoms with Crippen LogP contribution in [0, 0.1) is 20.2 Å². The molecule has 0 spiro atoms. The molecule has 3 rings (SSSR count). The second-order valence-electron chi connectivity index (χ2n) is 6.02. The van der Waals surface area contributed by atoms with Crippen LogP contribution in [-0.2, 0) is 38.1 Å². The zero-order valence-corrected chi connectivity index (χ0v) is 16.4. The predicted octanol–water partition coefficient (Wildman–Crippen LogP) is 1.55. The zero-order chi connectivity index (χ0) is 21.8. The number of fused-ring (bicyclic) bond motifs is 1. The molecule has 2 aromatic carbocycles. The number of sulfonamides is 2. The fourth-order valence-electron chi connectivity index (χ4n) is 2.42. The molecule has 30 heavy (non-hydrogen) atoms. The topological polar surface area (TPSA) is 193 Å². The highest BCUT2D eigenvalue weighted by Gasteiger charge is 2.22. The van der Waals surface area contributed by atoms with Gasteiger partial charge in [0.1, 0.15) is 0 Å². The number of rotatable bonds is 4. The number of hydrogen-bond acceptors (Lipinski definition) is 8. The minimum Gasteiger partial charge on any atom is -0.258 e. The van der Waals surface area contributed by atoms with Crippen LogP contribution in [0.3, 0.4) is 0 Å². The molecule has 0 atom stereocenters. The third-order valence-electron chi connectivity index (χ3n) is 3.74. The molecule has 0 aliphatic carbocycles. The van der Waals surface area contributed by atoms with Gasteiger partial charge in [-0.15, -0.1) is 0 Å². The normalized spacial score (nSPS) is 14.3. The Morgan fingerprint density at radius 2 is 1.50 bits per heavy atom. The highest BCUT2D eigenvalue weighted by Crippen LogP contribution is 2.22. The summed E-state index contributed by atoms with van der Waals surface area (Å²) in [5, 5.41) is 25.5. The monoisotopic (exact) mass is 460 g/mol. The maximum absolute atomic E-state index is 11.2. The first-order valence-corrected chi connectivity index (χ1v) is 11.2. The number of nitrogens with zero attached hydrogens (tertiary/aromatic N) is 2. The van der Waals surface area contributed by atoms with Crippen molar-refractivity contribution in [3.63, 3.8) is 0 Å². The molecule has 14 heteroatoms. The molecule has 0 unspecified atom stereocenters. The van der Waals surface area contributed by atoms with E-state index in [1.165, 1.54) is 42.5 Å². The van der Waals surface area contributed by atoms with Crippen LogP contribution in [0.15, 0.2) is 42.5 Å². The molecule has 12 nitrogen and oxygen atoms in total. The molecular weight excluding hydrogens is 440 g/mol. The summed E-state index contributed by atoms with van der Waals surface area (Å²) in [6.07, 6.45) is 0. The maximum Gasteiger partial charge on any atom is 0.269 e. The van der Waals surface area contributed by atoms with Gasteiger partial charge >= 0.3 is 0 Å². The number of benzene rings is 2. The fraction of sp³-hybridized carbons (Fsp3) is 0.250. The smallest absolute Gasteiger partial charge is 0.258 e. The first-order valence-electron chi connectivity index (χ1n) is 7.83. The molecular formula is C16H20N4O8S2. The number of nitrogens with two attached hydrogens (primary N) is 1. The summed E-state index contributed by atoms with van der Waals surface area (Å²) >= 11 is 0. The molecule has 3 N–H and O–H groups in total. The lowest BCUT2D eigenvalue weighted by Crippen LogP contribution is -2.30. The highest BCUT2D eigenvalue weighted by atomic mass is 32.2. The van der Waals surface area contributed by atoms with E-state index in [0.717, 1.165) is 0 Å². The lowest BCUT2D eigenvalue weighted by molar-refractivity contribution is -0.385. The summed E-state index contributed by atoms with van der Waals surface area (Å²) in [6.45, 7) is 0.124. The molecule has 0 aromatic heterocycles. The second kappa shape index (κ2) is 9.71. The summed E-state index contributed by atoms with van der Waals surface area (Å²) in [6, 6.07) is 9.41. The average molecular weight is 460 g/mol. The Bertz CT molecular complexity index is 1150. The molecule has 0 bridgehead atoms. The highest BCUT2D eigenvalue weighted by molar-refractivity contribution is 7.88. The van der Waals surface area contributed by atoms with E-state index in [9.17, 15) is 37.1 Å². The Kier molecular flexibility index (Phi) is 8.12. The Morgan fingerprint density at radius 3 is 2.00 bits per heavy atom. The van der Waals surface area contributed by atoms with Gasteiger partial charge in [0, 0.05) is 30.8 Å². The van der Waals surface area contributed by atoms with Crippen LogP contribution in [0.5, 0.6) is 0 Å². The molecule has 0 amide bonds. The van der Waals surface area contributed by atoms with Crippen LogP contribution < -0.4 is 9.86 Å². The summed E-state index contributed by atoms with van der Waals surface area (Å²) in [4.78, 5) is 19.7. The number of non-ortho nitro benzene ring substituents is 2. The van der Waals surface area contributed by atoms with Gasteiger partial charge in [0.2, 0.25) is 20.0 Å². The van der Waals surface area contributed by atoms with Crippen molar-refractivity contribution >= 4 is 31.4 Å². The minimum atomic E-state index is -3.58. The van der Waals surface area contributed by atoms with Gasteiger partial charge in [-0.05, 0) is 16.7 Å². The number of nitro benzene ring substituents is 2. The molecule has 0 fully saturated rings. The van der Waals surface area contributed by atoms with E-state index in [1.54, 1.807) is 0 Å². The molecule has 1 aliphatic heterocycles. The van der Waals surface area contributed by atoms with Gasteiger partial charge in [0.25, 0.3) is 11.4 Å². The third-order valence-corrected chi connectivity index (χ3v) is 5.75. The van der Waals surface area contributed by atoms with Gasteiger partial charge in [-0.25, -0.2) is 26.7 Å². The van der Waals surface area contributed by atoms with Gasteiger partial charge < -0.3 is 0 Å². The second-order valence-corrected chi connectivity index (χ2v) is 9.44. The van der Waals surface area contributed by atoms with E-state index in [4.69, 9.17) is 5.14 Å². The van der Waals surface area contributed by atoms with Crippen LogP contribution in [0.25, 0.3) is 0 Å². The summed E-state index contributed by atoms with van der Waals surface area (Å²) in [5.41, 5.74) is 1.62. The summed E-state index contributed by atoms with van der Waals surface area (Å²) in [5.74, 6) is -0.425. The van der Waals surface area contributed by atoms with Crippen molar-refractivity contribution in [2.24, 2.45) is 5.14 Å². The largest absolute Gasteiger partial charge is 0.269 e. The van der Waals surface area contributed by atoms with Gasteiger partial charge in [-0.1, -0.05) is 25.6 Å². The van der Waals surface area contributed by atoms with Crippen LogP contribution in [0.2, 0.25) is 0 Å². The van der Waals surface area contributed by atoms with E-state index in [0.29, 0.717) is 16.7 Å². The van der Waals surface area contributed by atoms with Crippen molar-refractivity contribution in [3.8, 4) is 0 Å². The van der Waals surface area contributed by atoms with E-state index in [1.807, 2.05) is 0 Å². The minimum absolute atomic E-state index is 0. The lowest BCUT2D eigenvalue weighted by Gasteiger charge is -2.16. The van der Waals surface area contributed by atoms with Gasteiger partial charge in [-0.2, -0.15) is 0 Å². The van der Waals surface area contributed by atoms with Gasteiger partial charge in [0.05, 0.1) is 21.4 Å².